The molecule has 4 aromatic rings. The first-order valence-electron chi connectivity index (χ1n) is 14.8. The number of hydrogen-bond donors (Lipinski definition) is 0. The lowest BCUT2D eigenvalue weighted by molar-refractivity contribution is -0.188. The van der Waals surface area contributed by atoms with Crippen LogP contribution in [0, 0.1) is 11.2 Å². The van der Waals surface area contributed by atoms with Gasteiger partial charge in [-0.15, -0.1) is 0 Å². The van der Waals surface area contributed by atoms with Gasteiger partial charge in [-0.05, 0) is 63.1 Å². The summed E-state index contributed by atoms with van der Waals surface area (Å²) in [4.78, 5) is 30.9. The fourth-order valence-corrected chi connectivity index (χ4v) is 7.78. The van der Waals surface area contributed by atoms with Gasteiger partial charge in [0.15, 0.2) is 5.82 Å². The maximum Gasteiger partial charge on any atom is 0.319 e. The first-order chi connectivity index (χ1) is 20.5. The minimum atomic E-state index is -0.536. The Morgan fingerprint density at radius 3 is 2.48 bits per heavy atom. The number of aromatic nitrogens is 3. The second-order valence-electron chi connectivity index (χ2n) is 12.2. The lowest BCUT2D eigenvalue weighted by Crippen LogP contribution is -2.54. The third-order valence-corrected chi connectivity index (χ3v) is 10.3. The van der Waals surface area contributed by atoms with Crippen LogP contribution in [0.2, 0.25) is 5.02 Å². The summed E-state index contributed by atoms with van der Waals surface area (Å²) in [6.07, 6.45) is 7.45. The van der Waals surface area contributed by atoms with Crippen LogP contribution in [-0.2, 0) is 9.53 Å². The molecule has 0 amide bonds. The Kier molecular flexibility index (Phi) is 6.05. The Bertz CT molecular complexity index is 1730. The third-order valence-electron chi connectivity index (χ3n) is 9.97. The van der Waals surface area contributed by atoms with Gasteiger partial charge in [-0.3, -0.25) is 14.7 Å². The fraction of sp³-hybridized carbons (Fsp3) is 0.438. The van der Waals surface area contributed by atoms with Crippen molar-refractivity contribution in [3.8, 4) is 17.3 Å². The summed E-state index contributed by atoms with van der Waals surface area (Å²) in [6, 6.07) is 11.5. The van der Waals surface area contributed by atoms with E-state index in [0.29, 0.717) is 60.9 Å². The number of cyclic esters (lactones) is 1. The van der Waals surface area contributed by atoms with Crippen molar-refractivity contribution < 1.29 is 18.7 Å². The molecule has 4 saturated heterocycles. The van der Waals surface area contributed by atoms with Gasteiger partial charge in [0.1, 0.15) is 35.7 Å². The summed E-state index contributed by atoms with van der Waals surface area (Å²) in [7, 11) is 0. The second kappa shape index (κ2) is 9.74. The molecule has 2 aromatic heterocycles. The van der Waals surface area contributed by atoms with Gasteiger partial charge in [0.25, 0.3) is 0 Å². The third kappa shape index (κ3) is 3.96. The van der Waals surface area contributed by atoms with Crippen molar-refractivity contribution in [2.75, 3.05) is 44.3 Å². The number of ether oxygens (including phenoxy) is 2. The fourth-order valence-electron chi connectivity index (χ4n) is 7.50. The van der Waals surface area contributed by atoms with Crippen molar-refractivity contribution >= 4 is 45.1 Å². The van der Waals surface area contributed by atoms with E-state index >= 15 is 4.39 Å². The summed E-state index contributed by atoms with van der Waals surface area (Å²) in [5, 5.41) is 2.70. The van der Waals surface area contributed by atoms with Gasteiger partial charge in [0, 0.05) is 35.3 Å². The van der Waals surface area contributed by atoms with E-state index in [1.165, 1.54) is 0 Å². The number of hydrogen-bond acceptors (Lipinski definition) is 8. The molecule has 0 unspecified atom stereocenters. The number of benzene rings is 2. The van der Waals surface area contributed by atoms with Crippen LogP contribution in [-0.4, -0.2) is 70.8 Å². The van der Waals surface area contributed by atoms with Crippen molar-refractivity contribution in [2.24, 2.45) is 5.41 Å². The summed E-state index contributed by atoms with van der Waals surface area (Å²) >= 11 is 6.59. The predicted octanol–water partition coefficient (Wildman–Crippen LogP) is 5.79. The predicted molar refractivity (Wildman–Crippen MR) is 158 cm³/mol. The number of carbonyl (C=O) groups is 1. The van der Waals surface area contributed by atoms with Crippen molar-refractivity contribution in [3.63, 3.8) is 0 Å². The molecule has 4 aliphatic heterocycles. The maximum atomic E-state index is 16.6. The first kappa shape index (κ1) is 26.1. The lowest BCUT2D eigenvalue weighted by Gasteiger charge is -2.45. The number of halogens is 2. The number of pyridine rings is 1. The number of carbonyl (C=O) groups excluding carboxylic acids is 1. The SMILES string of the molecule is O=C1OCC12CCN(c1nc(OCC34CCCN3CCC4)nc3c(F)c(-c4cccc5cccc(Cl)c45)ncc13)CC2. The molecule has 0 aliphatic carbocycles. The van der Waals surface area contributed by atoms with E-state index in [1.54, 1.807) is 12.3 Å². The normalized spacial score (nSPS) is 21.1. The summed E-state index contributed by atoms with van der Waals surface area (Å²) in [6.45, 7) is 4.31. The molecule has 4 fully saturated rings. The highest BCUT2D eigenvalue weighted by Crippen LogP contribution is 2.43. The van der Waals surface area contributed by atoms with Gasteiger partial charge in [-0.25, -0.2) is 4.39 Å². The molecule has 216 valence electrons. The molecule has 0 atom stereocenters. The van der Waals surface area contributed by atoms with Gasteiger partial charge in [-0.2, -0.15) is 9.97 Å². The standard InChI is InChI=1S/C32H31ClFN5O3/c33-23-8-2-6-20-5-1-7-21(24(20)23)26-25(34)27-22(17-35-26)28(38-15-11-31(12-16-38)18-41-29(31)40)37-30(36-27)42-19-32-9-3-13-39(32)14-4-10-32/h1-2,5-8,17H,3-4,9-16,18-19H2. The first-order valence-corrected chi connectivity index (χ1v) is 15.2. The molecule has 0 bridgehead atoms. The molecule has 8 nitrogen and oxygen atoms in total. The number of fused-ring (bicyclic) bond motifs is 3. The molecular formula is C32H31ClFN5O3. The average Bonchev–Trinajstić information content (AvgIpc) is 3.60. The highest BCUT2D eigenvalue weighted by Gasteiger charge is 2.51. The number of piperidine rings is 1. The maximum absolute atomic E-state index is 16.6. The molecule has 42 heavy (non-hydrogen) atoms. The molecule has 6 heterocycles. The van der Waals surface area contributed by atoms with E-state index in [0.717, 1.165) is 49.5 Å². The summed E-state index contributed by atoms with van der Waals surface area (Å²) in [5.41, 5.74) is 0.552. The Hall–Kier alpha value is -3.56. The van der Waals surface area contributed by atoms with Crippen molar-refractivity contribution in [2.45, 2.75) is 44.1 Å². The molecule has 0 saturated carbocycles. The van der Waals surface area contributed by atoms with E-state index in [1.807, 2.05) is 30.3 Å². The van der Waals surface area contributed by atoms with Gasteiger partial charge in [0.05, 0.1) is 10.9 Å². The van der Waals surface area contributed by atoms with E-state index in [-0.39, 0.29) is 28.7 Å². The van der Waals surface area contributed by atoms with Gasteiger partial charge < -0.3 is 14.4 Å². The highest BCUT2D eigenvalue weighted by molar-refractivity contribution is 6.36. The van der Waals surface area contributed by atoms with E-state index in [4.69, 9.17) is 26.1 Å². The highest BCUT2D eigenvalue weighted by atomic mass is 35.5. The van der Waals surface area contributed by atoms with Gasteiger partial charge in [0.2, 0.25) is 0 Å². The molecular weight excluding hydrogens is 557 g/mol. The van der Waals surface area contributed by atoms with Crippen molar-refractivity contribution in [3.05, 3.63) is 53.4 Å². The molecule has 0 radical (unpaired) electrons. The van der Waals surface area contributed by atoms with Crippen LogP contribution in [0.4, 0.5) is 10.2 Å². The van der Waals surface area contributed by atoms with Crippen LogP contribution >= 0.6 is 11.6 Å². The van der Waals surface area contributed by atoms with Crippen LogP contribution in [0.3, 0.4) is 0 Å². The molecule has 4 aliphatic rings. The quantitative estimate of drug-likeness (QED) is 0.272. The monoisotopic (exact) mass is 587 g/mol. The van der Waals surface area contributed by atoms with Crippen LogP contribution in [0.1, 0.15) is 38.5 Å². The van der Waals surface area contributed by atoms with E-state index in [2.05, 4.69) is 19.8 Å². The Labute approximate surface area is 247 Å². The smallest absolute Gasteiger partial charge is 0.319 e. The molecule has 1 spiro atoms. The van der Waals surface area contributed by atoms with Crippen LogP contribution in [0.15, 0.2) is 42.6 Å². The number of rotatable bonds is 5. The zero-order valence-corrected chi connectivity index (χ0v) is 24.0. The Morgan fingerprint density at radius 1 is 1.00 bits per heavy atom. The second-order valence-corrected chi connectivity index (χ2v) is 12.6. The van der Waals surface area contributed by atoms with Crippen LogP contribution < -0.4 is 9.64 Å². The Balaban J connectivity index is 1.22. The zero-order valence-electron chi connectivity index (χ0n) is 23.2. The zero-order chi connectivity index (χ0) is 28.5. The molecule has 2 aromatic carbocycles. The molecule has 0 N–H and O–H groups in total. The lowest BCUT2D eigenvalue weighted by atomic mass is 9.76. The van der Waals surface area contributed by atoms with Gasteiger partial charge in [-0.1, -0.05) is 41.9 Å². The Morgan fingerprint density at radius 2 is 1.76 bits per heavy atom. The largest absolute Gasteiger partial charge is 0.464 e. The van der Waals surface area contributed by atoms with Crippen LogP contribution in [0.25, 0.3) is 32.9 Å². The molecule has 8 rings (SSSR count). The van der Waals surface area contributed by atoms with E-state index in [9.17, 15) is 4.79 Å². The van der Waals surface area contributed by atoms with Crippen molar-refractivity contribution in [1.29, 1.82) is 0 Å². The minimum absolute atomic E-state index is 0.00220. The van der Waals surface area contributed by atoms with Crippen molar-refractivity contribution in [1.82, 2.24) is 19.9 Å². The number of nitrogens with zero attached hydrogens (tertiary/aromatic N) is 5. The number of esters is 1. The summed E-state index contributed by atoms with van der Waals surface area (Å²) in [5.74, 6) is -0.0774. The average molecular weight is 588 g/mol. The number of anilines is 1. The van der Waals surface area contributed by atoms with E-state index < -0.39 is 11.2 Å². The summed E-state index contributed by atoms with van der Waals surface area (Å²) < 4.78 is 28.0. The topological polar surface area (TPSA) is 80.7 Å². The van der Waals surface area contributed by atoms with Gasteiger partial charge >= 0.3 is 12.0 Å². The molecule has 10 heteroatoms. The minimum Gasteiger partial charge on any atom is -0.464 e. The van der Waals surface area contributed by atoms with Crippen LogP contribution in [0.5, 0.6) is 6.01 Å².